The van der Waals surface area contributed by atoms with Crippen LogP contribution in [0, 0.1) is 0 Å². The molecule has 1 aliphatic heterocycles. The van der Waals surface area contributed by atoms with Gasteiger partial charge in [0.05, 0.1) is 26.0 Å². The van der Waals surface area contributed by atoms with Gasteiger partial charge in [-0.05, 0) is 18.6 Å². The molecule has 1 fully saturated rings. The first-order valence-electron chi connectivity index (χ1n) is 9.20. The number of benzene rings is 1. The number of nitrogens with zero attached hydrogens (tertiary/aromatic N) is 3. The van der Waals surface area contributed by atoms with Crippen molar-refractivity contribution in [3.63, 3.8) is 0 Å². The summed E-state index contributed by atoms with van der Waals surface area (Å²) in [7, 11) is 5.24. The van der Waals surface area contributed by atoms with Gasteiger partial charge in [-0.25, -0.2) is 0 Å². The van der Waals surface area contributed by atoms with Gasteiger partial charge in [0.2, 0.25) is 0 Å². The predicted molar refractivity (Wildman–Crippen MR) is 121 cm³/mol. The van der Waals surface area contributed by atoms with Gasteiger partial charge >= 0.3 is 0 Å². The summed E-state index contributed by atoms with van der Waals surface area (Å²) in [5.41, 5.74) is 1.16. The van der Waals surface area contributed by atoms with E-state index >= 15 is 0 Å². The van der Waals surface area contributed by atoms with Gasteiger partial charge in [-0.2, -0.15) is 0 Å². The second-order valence-electron chi connectivity index (χ2n) is 6.08. The smallest absolute Gasteiger partial charge is 0.193 e. The molecule has 0 bridgehead atoms. The molecule has 1 aliphatic rings. The molecule has 0 atom stereocenters. The first-order chi connectivity index (χ1) is 12.8. The number of anilines is 1. The van der Waals surface area contributed by atoms with E-state index in [0.29, 0.717) is 13.2 Å². The molecule has 1 heterocycles. The Balaban J connectivity index is 0.00000364. The van der Waals surface area contributed by atoms with Crippen molar-refractivity contribution in [2.45, 2.75) is 6.42 Å². The summed E-state index contributed by atoms with van der Waals surface area (Å²) in [4.78, 5) is 9.09. The fourth-order valence-electron chi connectivity index (χ4n) is 3.00. The standard InChI is InChI=1S/C19H32N4O3.HI/c1-20-19(21-9-6-14-26-16-15-24-2)23-12-10-22(11-13-23)17-7-4-5-8-18(17)25-3;/h4-5,7-8H,6,9-16H2,1-3H3,(H,20,21);1H. The fourth-order valence-corrected chi connectivity index (χ4v) is 3.00. The topological polar surface area (TPSA) is 58.6 Å². The maximum atomic E-state index is 5.48. The molecule has 8 heteroatoms. The highest BCUT2D eigenvalue weighted by Crippen LogP contribution is 2.28. The predicted octanol–water partition coefficient (Wildman–Crippen LogP) is 2.06. The zero-order valence-corrected chi connectivity index (χ0v) is 19.0. The first kappa shape index (κ1) is 23.8. The van der Waals surface area contributed by atoms with E-state index in [-0.39, 0.29) is 24.0 Å². The Labute approximate surface area is 180 Å². The Bertz CT molecular complexity index is 552. The van der Waals surface area contributed by atoms with E-state index in [4.69, 9.17) is 14.2 Å². The Morgan fingerprint density at radius 1 is 1.07 bits per heavy atom. The highest BCUT2D eigenvalue weighted by atomic mass is 127. The molecule has 1 N–H and O–H groups in total. The van der Waals surface area contributed by atoms with E-state index in [2.05, 4.69) is 32.2 Å². The van der Waals surface area contributed by atoms with Crippen molar-refractivity contribution in [3.8, 4) is 5.75 Å². The summed E-state index contributed by atoms with van der Waals surface area (Å²) in [5.74, 6) is 1.89. The Hall–Kier alpha value is -1.26. The third kappa shape index (κ3) is 7.71. The lowest BCUT2D eigenvalue weighted by Gasteiger charge is -2.38. The van der Waals surface area contributed by atoms with Crippen LogP contribution in [0.25, 0.3) is 0 Å². The van der Waals surface area contributed by atoms with E-state index < -0.39 is 0 Å². The third-order valence-electron chi connectivity index (χ3n) is 4.40. The molecule has 1 aromatic rings. The lowest BCUT2D eigenvalue weighted by molar-refractivity contribution is 0.0698. The van der Waals surface area contributed by atoms with E-state index in [1.807, 2.05) is 19.2 Å². The van der Waals surface area contributed by atoms with Crippen molar-refractivity contribution < 1.29 is 14.2 Å². The summed E-state index contributed by atoms with van der Waals surface area (Å²) < 4.78 is 15.9. The zero-order valence-electron chi connectivity index (χ0n) is 16.6. The molecular formula is C19H33IN4O3. The van der Waals surface area contributed by atoms with Crippen LogP contribution in [0.15, 0.2) is 29.3 Å². The van der Waals surface area contributed by atoms with Gasteiger partial charge in [0.15, 0.2) is 5.96 Å². The number of ether oxygens (including phenoxy) is 3. The third-order valence-corrected chi connectivity index (χ3v) is 4.40. The molecular weight excluding hydrogens is 459 g/mol. The van der Waals surface area contributed by atoms with E-state index in [9.17, 15) is 0 Å². The van der Waals surface area contributed by atoms with E-state index in [1.54, 1.807) is 14.2 Å². The Morgan fingerprint density at radius 2 is 1.81 bits per heavy atom. The summed E-state index contributed by atoms with van der Waals surface area (Å²) in [5, 5.41) is 3.43. The number of methoxy groups -OCH3 is 2. The number of nitrogens with one attached hydrogen (secondary N) is 1. The number of guanidine groups is 1. The van der Waals surface area contributed by atoms with Crippen LogP contribution in [0.1, 0.15) is 6.42 Å². The number of hydrogen-bond donors (Lipinski definition) is 1. The minimum absolute atomic E-state index is 0. The fraction of sp³-hybridized carbons (Fsp3) is 0.632. The summed E-state index contributed by atoms with van der Waals surface area (Å²) in [6.07, 6.45) is 0.948. The van der Waals surface area contributed by atoms with Crippen LogP contribution in [-0.4, -0.2) is 84.7 Å². The largest absolute Gasteiger partial charge is 0.495 e. The van der Waals surface area contributed by atoms with Gasteiger partial charge in [-0.15, -0.1) is 24.0 Å². The second kappa shape index (κ2) is 13.8. The van der Waals surface area contributed by atoms with Crippen LogP contribution in [0.5, 0.6) is 5.75 Å². The van der Waals surface area contributed by atoms with Crippen LogP contribution in [-0.2, 0) is 9.47 Å². The highest BCUT2D eigenvalue weighted by molar-refractivity contribution is 14.0. The zero-order chi connectivity index (χ0) is 18.6. The Kier molecular flexibility index (Phi) is 12.2. The number of rotatable bonds is 9. The van der Waals surface area contributed by atoms with Gasteiger partial charge in [0.1, 0.15) is 5.75 Å². The number of halogens is 1. The molecule has 0 unspecified atom stereocenters. The molecule has 27 heavy (non-hydrogen) atoms. The van der Waals surface area contributed by atoms with Crippen molar-refractivity contribution in [2.75, 3.05) is 78.7 Å². The molecule has 0 aliphatic carbocycles. The molecule has 0 saturated carbocycles. The quantitative estimate of drug-likeness (QED) is 0.247. The van der Waals surface area contributed by atoms with Gasteiger partial charge in [-0.3, -0.25) is 4.99 Å². The molecule has 1 aromatic carbocycles. The first-order valence-corrected chi connectivity index (χ1v) is 9.20. The average molecular weight is 492 g/mol. The minimum Gasteiger partial charge on any atom is -0.495 e. The minimum atomic E-state index is 0. The molecule has 0 radical (unpaired) electrons. The van der Waals surface area contributed by atoms with Gasteiger partial charge in [-0.1, -0.05) is 12.1 Å². The van der Waals surface area contributed by atoms with Crippen molar-refractivity contribution in [1.29, 1.82) is 0 Å². The number of aliphatic imine (C=N–C) groups is 1. The number of para-hydroxylation sites is 2. The lowest BCUT2D eigenvalue weighted by Crippen LogP contribution is -2.52. The molecule has 0 amide bonds. The lowest BCUT2D eigenvalue weighted by atomic mass is 10.2. The second-order valence-corrected chi connectivity index (χ2v) is 6.08. The van der Waals surface area contributed by atoms with Crippen LogP contribution in [0.4, 0.5) is 5.69 Å². The van der Waals surface area contributed by atoms with Gasteiger partial charge in [0, 0.05) is 53.5 Å². The highest BCUT2D eigenvalue weighted by Gasteiger charge is 2.21. The molecule has 2 rings (SSSR count). The monoisotopic (exact) mass is 492 g/mol. The maximum Gasteiger partial charge on any atom is 0.193 e. The molecule has 0 spiro atoms. The van der Waals surface area contributed by atoms with Crippen LogP contribution in [0.3, 0.4) is 0 Å². The summed E-state index contributed by atoms with van der Waals surface area (Å²) >= 11 is 0. The number of hydrogen-bond acceptors (Lipinski definition) is 5. The Morgan fingerprint density at radius 3 is 2.48 bits per heavy atom. The SMILES string of the molecule is CN=C(NCCCOCCOC)N1CCN(c2ccccc2OC)CC1.I. The van der Waals surface area contributed by atoms with Crippen LogP contribution < -0.4 is 15.0 Å². The van der Waals surface area contributed by atoms with Crippen molar-refractivity contribution in [3.05, 3.63) is 24.3 Å². The van der Waals surface area contributed by atoms with Crippen molar-refractivity contribution >= 4 is 35.6 Å². The maximum absolute atomic E-state index is 5.48. The van der Waals surface area contributed by atoms with E-state index in [0.717, 1.165) is 63.1 Å². The van der Waals surface area contributed by atoms with Crippen molar-refractivity contribution in [2.24, 2.45) is 4.99 Å². The van der Waals surface area contributed by atoms with Gasteiger partial charge < -0.3 is 29.3 Å². The molecule has 154 valence electrons. The molecule has 7 nitrogen and oxygen atoms in total. The van der Waals surface area contributed by atoms with Crippen LogP contribution >= 0.6 is 24.0 Å². The van der Waals surface area contributed by atoms with Crippen molar-refractivity contribution in [1.82, 2.24) is 10.2 Å². The average Bonchev–Trinajstić information content (AvgIpc) is 2.70. The van der Waals surface area contributed by atoms with Crippen LogP contribution in [0.2, 0.25) is 0 Å². The van der Waals surface area contributed by atoms with E-state index in [1.165, 1.54) is 0 Å². The van der Waals surface area contributed by atoms with Gasteiger partial charge in [0.25, 0.3) is 0 Å². The normalized spacial score (nSPS) is 14.7. The molecule has 1 saturated heterocycles. The molecule has 0 aromatic heterocycles. The summed E-state index contributed by atoms with van der Waals surface area (Å²) in [6.45, 7) is 6.63. The summed E-state index contributed by atoms with van der Waals surface area (Å²) in [6, 6.07) is 8.19. The number of piperazine rings is 1.